The van der Waals surface area contributed by atoms with Gasteiger partial charge in [-0.25, -0.2) is 0 Å². The van der Waals surface area contributed by atoms with Crippen molar-refractivity contribution in [2.45, 2.75) is 64.6 Å². The van der Waals surface area contributed by atoms with Crippen LogP contribution in [0.4, 0.5) is 11.4 Å². The molecule has 8 heteroatoms. The summed E-state index contributed by atoms with van der Waals surface area (Å²) in [5.74, 6) is 0.514. The Kier molecular flexibility index (Phi) is 6.94. The molecule has 3 heterocycles. The lowest BCUT2D eigenvalue weighted by Gasteiger charge is -2.28. The molecule has 37 heavy (non-hydrogen) atoms. The van der Waals surface area contributed by atoms with Gasteiger partial charge < -0.3 is 24.8 Å². The van der Waals surface area contributed by atoms with Crippen molar-refractivity contribution in [2.24, 2.45) is 5.41 Å². The Morgan fingerprint density at radius 2 is 1.95 bits per heavy atom. The molecule has 2 aromatic heterocycles. The van der Waals surface area contributed by atoms with E-state index < -0.39 is 5.41 Å². The molecule has 3 aromatic rings. The van der Waals surface area contributed by atoms with Crippen LogP contribution in [0.5, 0.6) is 5.75 Å². The van der Waals surface area contributed by atoms with Crippen molar-refractivity contribution in [1.82, 2.24) is 14.9 Å². The number of nitrogens with one attached hydrogen (secondary N) is 2. The lowest BCUT2D eigenvalue weighted by atomic mass is 9.95. The molecule has 2 N–H and O–H groups in total. The van der Waals surface area contributed by atoms with E-state index in [1.807, 2.05) is 63.4 Å². The summed E-state index contributed by atoms with van der Waals surface area (Å²) in [4.78, 5) is 19.4. The van der Waals surface area contributed by atoms with Crippen molar-refractivity contribution in [3.63, 3.8) is 0 Å². The van der Waals surface area contributed by atoms with Crippen molar-refractivity contribution >= 4 is 34.6 Å². The normalized spacial score (nSPS) is 20.2. The molecule has 1 amide bonds. The Hall–Kier alpha value is -3.39. The van der Waals surface area contributed by atoms with Gasteiger partial charge in [-0.05, 0) is 61.0 Å². The Morgan fingerprint density at radius 3 is 2.62 bits per heavy atom. The lowest BCUT2D eigenvalue weighted by Crippen LogP contribution is -2.30. The van der Waals surface area contributed by atoms with Gasteiger partial charge in [0, 0.05) is 41.8 Å². The van der Waals surface area contributed by atoms with E-state index in [1.54, 1.807) is 7.11 Å². The fourth-order valence-electron chi connectivity index (χ4n) is 5.25. The molecular weight excluding hydrogens is 482 g/mol. The van der Waals surface area contributed by atoms with Crippen LogP contribution in [-0.4, -0.2) is 27.7 Å². The number of aromatic nitrogens is 2. The first kappa shape index (κ1) is 25.3. The number of nitrogens with zero attached hydrogens (tertiary/aromatic N) is 3. The molecule has 1 aromatic carbocycles. The van der Waals surface area contributed by atoms with Gasteiger partial charge in [0.15, 0.2) is 5.11 Å². The van der Waals surface area contributed by atoms with Gasteiger partial charge in [-0.3, -0.25) is 9.78 Å². The van der Waals surface area contributed by atoms with E-state index in [1.165, 1.54) is 31.2 Å². The fourth-order valence-corrected chi connectivity index (χ4v) is 5.60. The van der Waals surface area contributed by atoms with E-state index in [4.69, 9.17) is 17.0 Å². The number of ether oxygens (including phenoxy) is 1. The zero-order chi connectivity index (χ0) is 26.2. The number of carbonyl (C=O) groups excluding carboxylic acids is 1. The van der Waals surface area contributed by atoms with Crippen LogP contribution in [0, 0.1) is 5.41 Å². The molecule has 1 aliphatic heterocycles. The monoisotopic (exact) mass is 517 g/mol. The Morgan fingerprint density at radius 1 is 1.16 bits per heavy atom. The van der Waals surface area contributed by atoms with Gasteiger partial charge in [-0.15, -0.1) is 0 Å². The highest BCUT2D eigenvalue weighted by Gasteiger charge is 2.41. The molecule has 1 saturated heterocycles. The molecule has 1 saturated carbocycles. The van der Waals surface area contributed by atoms with Gasteiger partial charge in [0.2, 0.25) is 5.91 Å². The van der Waals surface area contributed by atoms with Crippen LogP contribution in [0.3, 0.4) is 0 Å². The third-order valence-corrected chi connectivity index (χ3v) is 7.63. The van der Waals surface area contributed by atoms with E-state index in [-0.39, 0.29) is 18.0 Å². The summed E-state index contributed by atoms with van der Waals surface area (Å²) >= 11 is 5.89. The maximum Gasteiger partial charge on any atom is 0.229 e. The van der Waals surface area contributed by atoms with E-state index in [0.29, 0.717) is 22.6 Å². The zero-order valence-electron chi connectivity index (χ0n) is 21.9. The number of pyridine rings is 1. The van der Waals surface area contributed by atoms with Crippen molar-refractivity contribution in [3.05, 3.63) is 72.3 Å². The number of benzene rings is 1. The van der Waals surface area contributed by atoms with Crippen LogP contribution in [0.2, 0.25) is 0 Å². The van der Waals surface area contributed by atoms with Gasteiger partial charge in [-0.1, -0.05) is 39.7 Å². The molecule has 7 nitrogen and oxygen atoms in total. The number of rotatable bonds is 6. The number of anilines is 2. The molecule has 0 bridgehead atoms. The zero-order valence-corrected chi connectivity index (χ0v) is 22.7. The maximum absolute atomic E-state index is 12.6. The minimum Gasteiger partial charge on any atom is -0.494 e. The first-order chi connectivity index (χ1) is 17.8. The highest BCUT2D eigenvalue weighted by Crippen LogP contribution is 2.44. The molecular formula is C29H35N5O2S. The Bertz CT molecular complexity index is 1280. The number of thiocarbonyl (C=S) groups is 1. The van der Waals surface area contributed by atoms with Gasteiger partial charge in [0.25, 0.3) is 0 Å². The maximum atomic E-state index is 12.6. The number of carbonyl (C=O) groups is 1. The van der Waals surface area contributed by atoms with Gasteiger partial charge in [-0.2, -0.15) is 0 Å². The van der Waals surface area contributed by atoms with Crippen molar-refractivity contribution in [2.75, 3.05) is 17.3 Å². The third kappa shape index (κ3) is 5.07. The smallest absolute Gasteiger partial charge is 0.229 e. The average Bonchev–Trinajstić information content (AvgIpc) is 3.64. The minimum absolute atomic E-state index is 0.0711. The molecule has 5 rings (SSSR count). The highest BCUT2D eigenvalue weighted by atomic mass is 32.1. The predicted octanol–water partition coefficient (Wildman–Crippen LogP) is 6.17. The van der Waals surface area contributed by atoms with Gasteiger partial charge >= 0.3 is 0 Å². The first-order valence-electron chi connectivity index (χ1n) is 12.9. The molecule has 0 spiro atoms. The second kappa shape index (κ2) is 10.2. The van der Waals surface area contributed by atoms with E-state index in [0.717, 1.165) is 11.4 Å². The molecule has 0 unspecified atom stereocenters. The van der Waals surface area contributed by atoms with Crippen LogP contribution in [0.15, 0.2) is 61.1 Å². The first-order valence-corrected chi connectivity index (χ1v) is 13.3. The summed E-state index contributed by atoms with van der Waals surface area (Å²) in [6.07, 6.45) is 11.3. The summed E-state index contributed by atoms with van der Waals surface area (Å²) in [6.45, 7) is 5.66. The standard InChI is InChI=1S/C29H35N5O2S/c1-29(2,3)27(35)31-22-13-12-21(17-24(22)36-4)34-26(19-14-16-33(18-19)20-9-5-6-10-20)25(32-28(34)37)23-11-7-8-15-30-23/h7-8,11-18,20,25-26H,5-6,9-10H2,1-4H3,(H,31,35)(H,32,37)/t25-,26-/m0/s1. The van der Waals surface area contributed by atoms with Crippen LogP contribution in [-0.2, 0) is 4.79 Å². The number of hydrogen-bond acceptors (Lipinski definition) is 4. The SMILES string of the molecule is COc1cc(N2C(=S)N[C@@H](c3ccccn3)[C@@H]2c2ccn(C3CCCC3)c2)ccc1NC(=O)C(C)(C)C. The number of hydrogen-bond donors (Lipinski definition) is 2. The van der Waals surface area contributed by atoms with E-state index >= 15 is 0 Å². The summed E-state index contributed by atoms with van der Waals surface area (Å²) in [6, 6.07) is 14.3. The quantitative estimate of drug-likeness (QED) is 0.381. The van der Waals surface area contributed by atoms with Crippen molar-refractivity contribution in [3.8, 4) is 5.75 Å². The summed E-state index contributed by atoms with van der Waals surface area (Å²) in [7, 11) is 1.61. The minimum atomic E-state index is -0.516. The topological polar surface area (TPSA) is 71.4 Å². The molecule has 2 fully saturated rings. The molecule has 194 valence electrons. The van der Waals surface area contributed by atoms with Crippen LogP contribution >= 0.6 is 12.2 Å². The molecule has 0 radical (unpaired) electrons. The van der Waals surface area contributed by atoms with Crippen LogP contribution in [0.25, 0.3) is 0 Å². The van der Waals surface area contributed by atoms with Crippen molar-refractivity contribution < 1.29 is 9.53 Å². The number of amides is 1. The van der Waals surface area contributed by atoms with Crippen LogP contribution < -0.4 is 20.3 Å². The lowest BCUT2D eigenvalue weighted by molar-refractivity contribution is -0.123. The summed E-state index contributed by atoms with van der Waals surface area (Å²) < 4.78 is 8.06. The summed E-state index contributed by atoms with van der Waals surface area (Å²) in [5.41, 5.74) is 3.12. The molecule has 2 aliphatic rings. The second-order valence-electron chi connectivity index (χ2n) is 10.9. The average molecular weight is 518 g/mol. The Labute approximate surface area is 224 Å². The molecule has 1 aliphatic carbocycles. The fraction of sp³-hybridized carbons (Fsp3) is 0.414. The summed E-state index contributed by atoms with van der Waals surface area (Å²) in [5, 5.41) is 7.15. The van der Waals surface area contributed by atoms with E-state index in [9.17, 15) is 4.79 Å². The molecule has 2 atom stereocenters. The van der Waals surface area contributed by atoms with Crippen molar-refractivity contribution in [1.29, 1.82) is 0 Å². The van der Waals surface area contributed by atoms with E-state index in [2.05, 4.69) is 43.5 Å². The third-order valence-electron chi connectivity index (χ3n) is 7.32. The highest BCUT2D eigenvalue weighted by molar-refractivity contribution is 7.80. The second-order valence-corrected chi connectivity index (χ2v) is 11.3. The van der Waals surface area contributed by atoms with Gasteiger partial charge in [0.1, 0.15) is 5.75 Å². The predicted molar refractivity (Wildman–Crippen MR) is 151 cm³/mol. The Balaban J connectivity index is 1.53. The van der Waals surface area contributed by atoms with Crippen LogP contribution in [0.1, 0.15) is 75.8 Å². The largest absolute Gasteiger partial charge is 0.494 e. The van der Waals surface area contributed by atoms with Gasteiger partial charge in [0.05, 0.1) is 30.6 Å². The number of methoxy groups -OCH3 is 1.